The summed E-state index contributed by atoms with van der Waals surface area (Å²) in [6.45, 7) is 3.81. The smallest absolute Gasteiger partial charge is 0.337 e. The van der Waals surface area contributed by atoms with E-state index in [9.17, 15) is 14.7 Å². The van der Waals surface area contributed by atoms with E-state index in [1.807, 2.05) is 31.2 Å². The number of benzene rings is 2. The number of methoxy groups -OCH3 is 1. The number of rotatable bonds is 6. The van der Waals surface area contributed by atoms with E-state index < -0.39 is 12.1 Å². The molecule has 0 saturated heterocycles. The Morgan fingerprint density at radius 2 is 1.96 bits per heavy atom. The van der Waals surface area contributed by atoms with Crippen LogP contribution in [0.3, 0.4) is 0 Å². The van der Waals surface area contributed by atoms with Crippen LogP contribution >= 0.6 is 11.8 Å². The maximum absolute atomic E-state index is 13.0. The predicted octanol–water partition coefficient (Wildman–Crippen LogP) is 3.16. The van der Waals surface area contributed by atoms with Crippen LogP contribution in [0.15, 0.2) is 52.4 Å². The summed E-state index contributed by atoms with van der Waals surface area (Å²) in [6.07, 6.45) is -0.690. The average molecular weight is 398 g/mol. The summed E-state index contributed by atoms with van der Waals surface area (Å²) in [5.41, 5.74) is 2.82. The van der Waals surface area contributed by atoms with E-state index in [1.54, 1.807) is 25.1 Å². The van der Waals surface area contributed by atoms with Gasteiger partial charge in [0.2, 0.25) is 0 Å². The molecule has 3 aromatic rings. The first-order chi connectivity index (χ1) is 13.4. The van der Waals surface area contributed by atoms with Gasteiger partial charge >= 0.3 is 5.97 Å². The summed E-state index contributed by atoms with van der Waals surface area (Å²) in [7, 11) is 1.31. The van der Waals surface area contributed by atoms with Gasteiger partial charge in [0.1, 0.15) is 0 Å². The summed E-state index contributed by atoms with van der Waals surface area (Å²) in [4.78, 5) is 29.4. The zero-order valence-corrected chi connectivity index (χ0v) is 16.8. The first-order valence-corrected chi connectivity index (χ1v) is 9.87. The Hall–Kier alpha value is -2.64. The summed E-state index contributed by atoms with van der Waals surface area (Å²) in [6, 6.07) is 12.8. The molecule has 1 atom stereocenters. The van der Waals surface area contributed by atoms with Gasteiger partial charge in [-0.25, -0.2) is 9.78 Å². The maximum atomic E-state index is 13.0. The van der Waals surface area contributed by atoms with Gasteiger partial charge < -0.3 is 9.84 Å². The molecule has 1 N–H and O–H groups in total. The summed E-state index contributed by atoms with van der Waals surface area (Å²) in [5, 5.41) is 10.7. The summed E-state index contributed by atoms with van der Waals surface area (Å²) in [5.74, 6) is 0.153. The van der Waals surface area contributed by atoms with E-state index >= 15 is 0 Å². The number of aromatic nitrogens is 2. The molecule has 28 heavy (non-hydrogen) atoms. The van der Waals surface area contributed by atoms with Gasteiger partial charge in [-0.15, -0.1) is 0 Å². The molecule has 1 heterocycles. The largest absolute Gasteiger partial charge is 0.465 e. The number of hydrogen-bond acceptors (Lipinski definition) is 6. The van der Waals surface area contributed by atoms with Crippen molar-refractivity contribution in [3.63, 3.8) is 0 Å². The molecule has 0 unspecified atom stereocenters. The number of hydrogen-bond donors (Lipinski definition) is 1. The second kappa shape index (κ2) is 8.58. The monoisotopic (exact) mass is 398 g/mol. The molecule has 2 aromatic carbocycles. The van der Waals surface area contributed by atoms with Crippen molar-refractivity contribution in [1.29, 1.82) is 0 Å². The number of carbonyl (C=O) groups excluding carboxylic acids is 1. The van der Waals surface area contributed by atoms with Crippen molar-refractivity contribution in [3.8, 4) is 0 Å². The number of aliphatic hydroxyl groups is 1. The minimum Gasteiger partial charge on any atom is -0.465 e. The lowest BCUT2D eigenvalue weighted by Crippen LogP contribution is -2.28. The number of fused-ring (bicyclic) bond motifs is 1. The first-order valence-electron chi connectivity index (χ1n) is 8.88. The molecule has 0 radical (unpaired) electrons. The second-order valence-electron chi connectivity index (χ2n) is 6.66. The molecule has 0 bridgehead atoms. The van der Waals surface area contributed by atoms with Gasteiger partial charge in [0, 0.05) is 5.75 Å². The zero-order chi connectivity index (χ0) is 20.3. The minimum absolute atomic E-state index is 0.150. The third kappa shape index (κ3) is 4.43. The van der Waals surface area contributed by atoms with Crippen LogP contribution in [-0.4, -0.2) is 33.8 Å². The Labute approximate surface area is 167 Å². The van der Waals surface area contributed by atoms with Crippen molar-refractivity contribution < 1.29 is 14.6 Å². The standard InChI is InChI=1S/C21H22N2O4S/c1-13-4-6-15(7-5-13)12-28-21-22-18-10-16(20(26)27-3)8-9-17(18)19(25)23(21)11-14(2)24/h4-10,14,24H,11-12H2,1-3H3/t14-/m0/s1. The van der Waals surface area contributed by atoms with Crippen molar-refractivity contribution in [3.05, 3.63) is 69.5 Å². The van der Waals surface area contributed by atoms with E-state index in [-0.39, 0.29) is 12.1 Å². The number of nitrogens with zero attached hydrogens (tertiary/aromatic N) is 2. The van der Waals surface area contributed by atoms with Crippen LogP contribution in [-0.2, 0) is 17.0 Å². The van der Waals surface area contributed by atoms with E-state index in [0.29, 0.717) is 27.4 Å². The van der Waals surface area contributed by atoms with Gasteiger partial charge in [-0.05, 0) is 37.6 Å². The molecular formula is C21H22N2O4S. The molecule has 3 rings (SSSR count). The van der Waals surface area contributed by atoms with Gasteiger partial charge in [-0.1, -0.05) is 41.6 Å². The van der Waals surface area contributed by atoms with Crippen LogP contribution in [0, 0.1) is 6.92 Å². The molecule has 0 fully saturated rings. The number of ether oxygens (including phenoxy) is 1. The fourth-order valence-electron chi connectivity index (χ4n) is 2.81. The molecule has 1 aromatic heterocycles. The Morgan fingerprint density at radius 1 is 1.25 bits per heavy atom. The van der Waals surface area contributed by atoms with Crippen molar-refractivity contribution in [2.75, 3.05) is 7.11 Å². The molecular weight excluding hydrogens is 376 g/mol. The Morgan fingerprint density at radius 3 is 2.61 bits per heavy atom. The molecule has 0 amide bonds. The van der Waals surface area contributed by atoms with Gasteiger partial charge in [0.05, 0.1) is 36.2 Å². The fraction of sp³-hybridized carbons (Fsp3) is 0.286. The van der Waals surface area contributed by atoms with Crippen LogP contribution in [0.25, 0.3) is 10.9 Å². The molecule has 0 aliphatic rings. The Kier molecular flexibility index (Phi) is 6.16. The molecule has 6 nitrogen and oxygen atoms in total. The van der Waals surface area contributed by atoms with Gasteiger partial charge in [-0.3, -0.25) is 9.36 Å². The SMILES string of the molecule is COC(=O)c1ccc2c(=O)n(C[C@H](C)O)c(SCc3ccc(C)cc3)nc2c1. The summed E-state index contributed by atoms with van der Waals surface area (Å²) >= 11 is 1.42. The highest BCUT2D eigenvalue weighted by molar-refractivity contribution is 7.98. The molecule has 0 saturated carbocycles. The minimum atomic E-state index is -0.690. The van der Waals surface area contributed by atoms with Crippen LogP contribution in [0.2, 0.25) is 0 Å². The van der Waals surface area contributed by atoms with Crippen molar-refractivity contribution in [1.82, 2.24) is 9.55 Å². The third-order valence-electron chi connectivity index (χ3n) is 4.28. The lowest BCUT2D eigenvalue weighted by atomic mass is 10.1. The third-order valence-corrected chi connectivity index (χ3v) is 5.32. The zero-order valence-electron chi connectivity index (χ0n) is 16.0. The molecule has 0 aliphatic carbocycles. The quantitative estimate of drug-likeness (QED) is 0.390. The van der Waals surface area contributed by atoms with E-state index in [0.717, 1.165) is 5.56 Å². The highest BCUT2D eigenvalue weighted by atomic mass is 32.2. The van der Waals surface area contributed by atoms with Gasteiger partial charge in [0.15, 0.2) is 5.16 Å². The van der Waals surface area contributed by atoms with Crippen LogP contribution in [0.4, 0.5) is 0 Å². The predicted molar refractivity (Wildman–Crippen MR) is 110 cm³/mol. The maximum Gasteiger partial charge on any atom is 0.337 e. The van der Waals surface area contributed by atoms with Gasteiger partial charge in [-0.2, -0.15) is 0 Å². The highest BCUT2D eigenvalue weighted by Crippen LogP contribution is 2.23. The van der Waals surface area contributed by atoms with Crippen molar-refractivity contribution >= 4 is 28.6 Å². The van der Waals surface area contributed by atoms with Crippen LogP contribution in [0.1, 0.15) is 28.4 Å². The van der Waals surface area contributed by atoms with Crippen LogP contribution in [0.5, 0.6) is 0 Å². The number of aliphatic hydroxyl groups excluding tert-OH is 1. The highest BCUT2D eigenvalue weighted by Gasteiger charge is 2.15. The lowest BCUT2D eigenvalue weighted by Gasteiger charge is -2.15. The number of esters is 1. The van der Waals surface area contributed by atoms with Crippen molar-refractivity contribution in [2.45, 2.75) is 37.4 Å². The first kappa shape index (κ1) is 20.1. The van der Waals surface area contributed by atoms with Crippen molar-refractivity contribution in [2.24, 2.45) is 0 Å². The fourth-order valence-corrected chi connectivity index (χ4v) is 3.78. The average Bonchev–Trinajstić information content (AvgIpc) is 2.68. The van der Waals surface area contributed by atoms with E-state index in [2.05, 4.69) is 4.98 Å². The topological polar surface area (TPSA) is 81.4 Å². The number of aryl methyl sites for hydroxylation is 1. The van der Waals surface area contributed by atoms with E-state index in [1.165, 1.54) is 29.0 Å². The molecule has 146 valence electrons. The number of thioether (sulfide) groups is 1. The van der Waals surface area contributed by atoms with Crippen LogP contribution < -0.4 is 5.56 Å². The Balaban J connectivity index is 2.04. The van der Waals surface area contributed by atoms with Gasteiger partial charge in [0.25, 0.3) is 5.56 Å². The molecule has 7 heteroatoms. The normalized spacial score (nSPS) is 12.1. The molecule has 0 aliphatic heterocycles. The Bertz CT molecular complexity index is 1060. The summed E-state index contributed by atoms with van der Waals surface area (Å²) < 4.78 is 6.24. The second-order valence-corrected chi connectivity index (χ2v) is 7.60. The lowest BCUT2D eigenvalue weighted by molar-refractivity contribution is 0.0601. The van der Waals surface area contributed by atoms with E-state index in [4.69, 9.17) is 4.74 Å². The number of carbonyl (C=O) groups is 1. The molecule has 0 spiro atoms.